The van der Waals surface area contributed by atoms with Crippen LogP contribution in [-0.2, 0) is 0 Å². The van der Waals surface area contributed by atoms with Crippen LogP contribution in [-0.4, -0.2) is 4.57 Å². The second-order valence-electron chi connectivity index (χ2n) is 11.0. The molecule has 0 aliphatic rings. The predicted octanol–water partition coefficient (Wildman–Crippen LogP) is 11.6. The summed E-state index contributed by atoms with van der Waals surface area (Å²) in [5.74, 6) is 0. The van der Waals surface area contributed by atoms with Gasteiger partial charge in [0.05, 0.1) is 11.0 Å². The second kappa shape index (κ2) is 9.17. The van der Waals surface area contributed by atoms with Crippen molar-refractivity contribution in [3.05, 3.63) is 152 Å². The number of aromatic nitrogens is 1. The SMILES string of the molecule is c1ccc(-c2ccc3c4c5c(sc6ccccc65)c(-c5ccc6ccccc6c5)cc4n(-c4ccccc4)c3c2)cc1. The monoisotopic (exact) mass is 551 g/mol. The molecule has 0 amide bonds. The minimum atomic E-state index is 1.17. The van der Waals surface area contributed by atoms with Gasteiger partial charge in [-0.05, 0) is 63.9 Å². The first-order valence-corrected chi connectivity index (χ1v) is 15.2. The summed E-state index contributed by atoms with van der Waals surface area (Å²) in [5, 5.41) is 7.81. The number of hydrogen-bond acceptors (Lipinski definition) is 1. The van der Waals surface area contributed by atoms with Crippen molar-refractivity contribution in [2.24, 2.45) is 0 Å². The molecule has 0 aliphatic heterocycles. The molecule has 196 valence electrons. The number of fused-ring (bicyclic) bond motifs is 8. The number of nitrogens with zero attached hydrogens (tertiary/aromatic N) is 1. The van der Waals surface area contributed by atoms with Crippen LogP contribution in [0.15, 0.2) is 152 Å². The van der Waals surface area contributed by atoms with E-state index in [1.54, 1.807) is 0 Å². The molecule has 0 fully saturated rings. The predicted molar refractivity (Wildman–Crippen MR) is 182 cm³/mol. The van der Waals surface area contributed by atoms with Crippen molar-refractivity contribution < 1.29 is 0 Å². The smallest absolute Gasteiger partial charge is 0.0554 e. The molecule has 7 aromatic carbocycles. The molecule has 1 nitrogen and oxygen atoms in total. The Bertz CT molecular complexity index is 2450. The Labute approximate surface area is 247 Å². The van der Waals surface area contributed by atoms with E-state index in [0.29, 0.717) is 0 Å². The fourth-order valence-electron chi connectivity index (χ4n) is 6.63. The van der Waals surface area contributed by atoms with Gasteiger partial charge in [-0.15, -0.1) is 11.3 Å². The summed E-state index contributed by atoms with van der Waals surface area (Å²) in [6, 6.07) is 55.4. The van der Waals surface area contributed by atoms with Crippen molar-refractivity contribution in [3.63, 3.8) is 0 Å². The standard InChI is InChI=1S/C40H25NS/c1-3-11-26(12-4-1)29-21-22-32-35(24-29)41(31-15-5-2-6-16-31)36-25-34(30-20-19-27-13-7-8-14-28(27)23-30)40-39(38(32)36)33-17-9-10-18-37(33)42-40/h1-25H. The lowest BCUT2D eigenvalue weighted by Crippen LogP contribution is -1.94. The van der Waals surface area contributed by atoms with Crippen LogP contribution in [0.2, 0.25) is 0 Å². The van der Waals surface area contributed by atoms with E-state index in [-0.39, 0.29) is 0 Å². The number of benzene rings is 7. The zero-order valence-corrected chi connectivity index (χ0v) is 23.6. The zero-order chi connectivity index (χ0) is 27.6. The molecule has 0 N–H and O–H groups in total. The zero-order valence-electron chi connectivity index (χ0n) is 22.8. The maximum absolute atomic E-state index is 2.47. The average Bonchev–Trinajstić information content (AvgIpc) is 3.60. The summed E-state index contributed by atoms with van der Waals surface area (Å²) in [5.41, 5.74) is 8.63. The van der Waals surface area contributed by atoms with E-state index in [1.807, 2.05) is 11.3 Å². The molecule has 9 aromatic rings. The maximum Gasteiger partial charge on any atom is 0.0554 e. The molecule has 0 aliphatic carbocycles. The molecule has 42 heavy (non-hydrogen) atoms. The van der Waals surface area contributed by atoms with Gasteiger partial charge in [0.25, 0.3) is 0 Å². The Morgan fingerprint density at radius 3 is 2.00 bits per heavy atom. The van der Waals surface area contributed by atoms with Crippen molar-refractivity contribution in [1.29, 1.82) is 0 Å². The Kier molecular flexibility index (Phi) is 5.13. The number of thiophene rings is 1. The summed E-state index contributed by atoms with van der Waals surface area (Å²) in [7, 11) is 0. The van der Waals surface area contributed by atoms with E-state index < -0.39 is 0 Å². The van der Waals surface area contributed by atoms with E-state index in [1.165, 1.54) is 80.7 Å². The molecule has 2 heterocycles. The highest BCUT2D eigenvalue weighted by Crippen LogP contribution is 2.48. The van der Waals surface area contributed by atoms with Gasteiger partial charge in [-0.3, -0.25) is 0 Å². The number of para-hydroxylation sites is 1. The second-order valence-corrected chi connectivity index (χ2v) is 12.0. The van der Waals surface area contributed by atoms with Crippen molar-refractivity contribution in [2.75, 3.05) is 0 Å². The summed E-state index contributed by atoms with van der Waals surface area (Å²) in [6.07, 6.45) is 0. The van der Waals surface area contributed by atoms with Gasteiger partial charge in [0.15, 0.2) is 0 Å². The van der Waals surface area contributed by atoms with E-state index in [4.69, 9.17) is 0 Å². The quantitative estimate of drug-likeness (QED) is 0.206. The Morgan fingerprint density at radius 1 is 0.429 bits per heavy atom. The Morgan fingerprint density at radius 2 is 1.14 bits per heavy atom. The molecular formula is C40H25NS. The van der Waals surface area contributed by atoms with E-state index in [2.05, 4.69) is 156 Å². The van der Waals surface area contributed by atoms with Crippen LogP contribution in [0.3, 0.4) is 0 Å². The largest absolute Gasteiger partial charge is 0.309 e. The first-order chi connectivity index (χ1) is 20.8. The van der Waals surface area contributed by atoms with Gasteiger partial charge in [0, 0.05) is 42.2 Å². The van der Waals surface area contributed by atoms with Crippen molar-refractivity contribution >= 4 is 64.1 Å². The highest BCUT2D eigenvalue weighted by atomic mass is 32.1. The van der Waals surface area contributed by atoms with Gasteiger partial charge in [-0.25, -0.2) is 0 Å². The lowest BCUT2D eigenvalue weighted by molar-refractivity contribution is 1.18. The summed E-state index contributed by atoms with van der Waals surface area (Å²) >= 11 is 1.91. The molecule has 0 bridgehead atoms. The molecule has 0 spiro atoms. The fourth-order valence-corrected chi connectivity index (χ4v) is 7.88. The van der Waals surface area contributed by atoms with E-state index in [9.17, 15) is 0 Å². The van der Waals surface area contributed by atoms with Crippen LogP contribution in [0.25, 0.3) is 80.7 Å². The highest BCUT2D eigenvalue weighted by Gasteiger charge is 2.21. The van der Waals surface area contributed by atoms with Crippen LogP contribution in [0, 0.1) is 0 Å². The first-order valence-electron chi connectivity index (χ1n) is 14.4. The normalized spacial score (nSPS) is 11.8. The molecule has 2 heteroatoms. The molecule has 0 unspecified atom stereocenters. The molecule has 0 radical (unpaired) electrons. The Hall–Kier alpha value is -5.18. The van der Waals surface area contributed by atoms with Crippen LogP contribution < -0.4 is 0 Å². The molecule has 9 rings (SSSR count). The van der Waals surface area contributed by atoms with Gasteiger partial charge in [-0.1, -0.05) is 115 Å². The molecular weight excluding hydrogens is 527 g/mol. The van der Waals surface area contributed by atoms with Gasteiger partial charge in [0.1, 0.15) is 0 Å². The topological polar surface area (TPSA) is 4.93 Å². The van der Waals surface area contributed by atoms with Crippen LogP contribution in [0.4, 0.5) is 0 Å². The third-order valence-corrected chi connectivity index (χ3v) is 9.76. The minimum Gasteiger partial charge on any atom is -0.309 e. The molecule has 0 saturated carbocycles. The molecule has 0 atom stereocenters. The van der Waals surface area contributed by atoms with Crippen LogP contribution >= 0.6 is 11.3 Å². The third-order valence-electron chi connectivity index (χ3n) is 8.56. The minimum absolute atomic E-state index is 1.17. The van der Waals surface area contributed by atoms with Gasteiger partial charge >= 0.3 is 0 Å². The van der Waals surface area contributed by atoms with Crippen molar-refractivity contribution in [2.45, 2.75) is 0 Å². The van der Waals surface area contributed by atoms with Gasteiger partial charge < -0.3 is 4.57 Å². The lowest BCUT2D eigenvalue weighted by Gasteiger charge is -2.11. The van der Waals surface area contributed by atoms with Crippen LogP contribution in [0.5, 0.6) is 0 Å². The summed E-state index contributed by atoms with van der Waals surface area (Å²) in [6.45, 7) is 0. The third kappa shape index (κ3) is 3.49. The maximum atomic E-state index is 2.47. The number of hydrogen-bond donors (Lipinski definition) is 0. The number of rotatable bonds is 3. The van der Waals surface area contributed by atoms with Gasteiger partial charge in [0.2, 0.25) is 0 Å². The fraction of sp³-hybridized carbons (Fsp3) is 0. The Balaban J connectivity index is 1.48. The highest BCUT2D eigenvalue weighted by molar-refractivity contribution is 7.26. The lowest BCUT2D eigenvalue weighted by atomic mass is 9.96. The van der Waals surface area contributed by atoms with E-state index >= 15 is 0 Å². The summed E-state index contributed by atoms with van der Waals surface area (Å²) < 4.78 is 5.13. The van der Waals surface area contributed by atoms with Crippen molar-refractivity contribution in [3.8, 4) is 27.9 Å². The first kappa shape index (κ1) is 23.5. The van der Waals surface area contributed by atoms with Crippen LogP contribution in [0.1, 0.15) is 0 Å². The van der Waals surface area contributed by atoms with Crippen molar-refractivity contribution in [1.82, 2.24) is 4.57 Å². The average molecular weight is 552 g/mol. The summed E-state index contributed by atoms with van der Waals surface area (Å²) in [4.78, 5) is 0. The van der Waals surface area contributed by atoms with Gasteiger partial charge in [-0.2, -0.15) is 0 Å². The van der Waals surface area contributed by atoms with E-state index in [0.717, 1.165) is 0 Å². The molecule has 0 saturated heterocycles. The molecule has 2 aromatic heterocycles.